The Morgan fingerprint density at radius 3 is 2.55 bits per heavy atom. The molecule has 0 amide bonds. The minimum atomic E-state index is -0.142. The summed E-state index contributed by atoms with van der Waals surface area (Å²) in [5.74, 6) is 3.35. The van der Waals surface area contributed by atoms with Crippen LogP contribution in [-0.4, -0.2) is 47.0 Å². The van der Waals surface area contributed by atoms with Crippen molar-refractivity contribution >= 4 is 11.8 Å². The highest BCUT2D eigenvalue weighted by Crippen LogP contribution is 2.40. The Bertz CT molecular complexity index is 981. The van der Waals surface area contributed by atoms with E-state index in [1.165, 1.54) is 38.8 Å². The van der Waals surface area contributed by atoms with Gasteiger partial charge in [0.1, 0.15) is 16.7 Å². The van der Waals surface area contributed by atoms with Crippen LogP contribution in [0.1, 0.15) is 55.7 Å². The number of hydrogen-bond donors (Lipinski definition) is 1. The number of aromatic hydroxyl groups is 1. The van der Waals surface area contributed by atoms with E-state index in [2.05, 4.69) is 16.8 Å². The van der Waals surface area contributed by atoms with Gasteiger partial charge in [-0.05, 0) is 68.4 Å². The van der Waals surface area contributed by atoms with Crippen molar-refractivity contribution in [3.05, 3.63) is 66.2 Å². The fourth-order valence-corrected chi connectivity index (χ4v) is 5.23. The lowest BCUT2D eigenvalue weighted by atomic mass is 10.1. The summed E-state index contributed by atoms with van der Waals surface area (Å²) < 4.78 is 12.1. The normalized spacial score (nSPS) is 15.8. The molecule has 0 bridgehead atoms. The van der Waals surface area contributed by atoms with E-state index in [-0.39, 0.29) is 11.0 Å². The van der Waals surface area contributed by atoms with Gasteiger partial charge in [-0.1, -0.05) is 38.0 Å². The number of hydrogen-bond acceptors (Lipinski definition) is 6. The molecule has 33 heavy (non-hydrogen) atoms. The number of thioether (sulfide) groups is 1. The van der Waals surface area contributed by atoms with Gasteiger partial charge in [0.15, 0.2) is 5.76 Å². The molecule has 1 atom stereocenters. The van der Waals surface area contributed by atoms with Gasteiger partial charge < -0.3 is 19.2 Å². The first-order chi connectivity index (χ1) is 16.2. The second-order valence-electron chi connectivity index (χ2n) is 8.44. The molecule has 1 fully saturated rings. The molecule has 3 aromatic rings. The van der Waals surface area contributed by atoms with Gasteiger partial charge in [0.2, 0.25) is 5.89 Å². The van der Waals surface area contributed by atoms with E-state index in [1.807, 2.05) is 42.5 Å². The molecule has 176 valence electrons. The molecule has 6 heteroatoms. The average molecular weight is 467 g/mol. The molecule has 0 aliphatic carbocycles. The molecule has 4 rings (SSSR count). The number of phenolic OH excluding ortho intramolecular Hbond substituents is 1. The van der Waals surface area contributed by atoms with Gasteiger partial charge in [0.25, 0.3) is 0 Å². The SMILES string of the molecule is CCSC(c1ncc(-c2ccc(OCCCN3CCCCCC3)cc2)o1)c1ccccc1O. The van der Waals surface area contributed by atoms with Gasteiger partial charge >= 0.3 is 0 Å². The number of rotatable bonds is 10. The Balaban J connectivity index is 1.34. The molecule has 0 spiro atoms. The van der Waals surface area contributed by atoms with Gasteiger partial charge in [0, 0.05) is 17.7 Å². The Kier molecular flexibility index (Phi) is 8.72. The highest BCUT2D eigenvalue weighted by atomic mass is 32.2. The van der Waals surface area contributed by atoms with Crippen molar-refractivity contribution in [2.75, 3.05) is 32.0 Å². The lowest BCUT2D eigenvalue weighted by Gasteiger charge is -2.19. The monoisotopic (exact) mass is 466 g/mol. The molecule has 1 aromatic heterocycles. The minimum absolute atomic E-state index is 0.142. The molecule has 2 heterocycles. The second-order valence-corrected chi connectivity index (χ2v) is 9.82. The maximum Gasteiger partial charge on any atom is 0.212 e. The zero-order valence-electron chi connectivity index (χ0n) is 19.4. The first-order valence-electron chi connectivity index (χ1n) is 12.1. The van der Waals surface area contributed by atoms with Crippen molar-refractivity contribution in [3.63, 3.8) is 0 Å². The summed E-state index contributed by atoms with van der Waals surface area (Å²) in [7, 11) is 0. The molecular formula is C27H34N2O3S. The van der Waals surface area contributed by atoms with Crippen LogP contribution < -0.4 is 4.74 Å². The summed E-state index contributed by atoms with van der Waals surface area (Å²) in [5.41, 5.74) is 1.78. The molecule has 1 saturated heterocycles. The van der Waals surface area contributed by atoms with Crippen molar-refractivity contribution < 1.29 is 14.3 Å². The van der Waals surface area contributed by atoms with E-state index >= 15 is 0 Å². The summed E-state index contributed by atoms with van der Waals surface area (Å²) in [4.78, 5) is 7.10. The first-order valence-corrected chi connectivity index (χ1v) is 13.1. The van der Waals surface area contributed by atoms with Crippen LogP contribution >= 0.6 is 11.8 Å². The maximum absolute atomic E-state index is 10.3. The van der Waals surface area contributed by atoms with Gasteiger partial charge in [-0.2, -0.15) is 0 Å². The molecule has 1 unspecified atom stereocenters. The highest BCUT2D eigenvalue weighted by Gasteiger charge is 2.23. The predicted molar refractivity (Wildman–Crippen MR) is 135 cm³/mol. The molecule has 2 aromatic carbocycles. The smallest absolute Gasteiger partial charge is 0.212 e. The summed E-state index contributed by atoms with van der Waals surface area (Å²) in [6.07, 6.45) is 8.22. The number of phenols is 1. The van der Waals surface area contributed by atoms with E-state index < -0.39 is 0 Å². The summed E-state index contributed by atoms with van der Waals surface area (Å²) in [5, 5.41) is 10.2. The molecule has 1 N–H and O–H groups in total. The molecule has 1 aliphatic heterocycles. The lowest BCUT2D eigenvalue weighted by molar-refractivity contribution is 0.240. The van der Waals surface area contributed by atoms with Crippen molar-refractivity contribution in [1.29, 1.82) is 0 Å². The van der Waals surface area contributed by atoms with Gasteiger partial charge in [-0.3, -0.25) is 0 Å². The largest absolute Gasteiger partial charge is 0.508 e. The fraction of sp³-hybridized carbons (Fsp3) is 0.444. The third-order valence-corrected chi connectivity index (χ3v) is 7.15. The third-order valence-electron chi connectivity index (χ3n) is 6.03. The van der Waals surface area contributed by atoms with Crippen LogP contribution in [0.25, 0.3) is 11.3 Å². The molecule has 5 nitrogen and oxygen atoms in total. The number of para-hydroxylation sites is 1. The molecule has 1 aliphatic rings. The Labute approximate surface area is 201 Å². The lowest BCUT2D eigenvalue weighted by Crippen LogP contribution is -2.26. The van der Waals surface area contributed by atoms with E-state index in [9.17, 15) is 5.11 Å². The predicted octanol–water partition coefficient (Wildman–Crippen LogP) is 6.53. The highest BCUT2D eigenvalue weighted by molar-refractivity contribution is 7.99. The zero-order chi connectivity index (χ0) is 22.9. The van der Waals surface area contributed by atoms with Gasteiger partial charge in [0.05, 0.1) is 12.8 Å². The van der Waals surface area contributed by atoms with Gasteiger partial charge in [-0.25, -0.2) is 4.98 Å². The van der Waals surface area contributed by atoms with E-state index in [4.69, 9.17) is 9.15 Å². The van der Waals surface area contributed by atoms with Crippen molar-refractivity contribution in [3.8, 4) is 22.8 Å². The quantitative estimate of drug-likeness (QED) is 0.343. The summed E-state index contributed by atoms with van der Waals surface area (Å²) in [6.45, 7) is 6.41. The Hall–Kier alpha value is -2.44. The molecule has 0 radical (unpaired) electrons. The topological polar surface area (TPSA) is 58.7 Å². The third kappa shape index (κ3) is 6.55. The van der Waals surface area contributed by atoms with E-state index in [1.54, 1.807) is 24.0 Å². The van der Waals surface area contributed by atoms with Crippen molar-refractivity contribution in [2.24, 2.45) is 0 Å². The van der Waals surface area contributed by atoms with Crippen molar-refractivity contribution in [1.82, 2.24) is 9.88 Å². The number of ether oxygens (including phenoxy) is 1. The zero-order valence-corrected chi connectivity index (χ0v) is 20.2. The minimum Gasteiger partial charge on any atom is -0.508 e. The van der Waals surface area contributed by atoms with Crippen LogP contribution in [0.2, 0.25) is 0 Å². The van der Waals surface area contributed by atoms with Gasteiger partial charge in [-0.15, -0.1) is 11.8 Å². The van der Waals surface area contributed by atoms with Crippen LogP contribution in [0.5, 0.6) is 11.5 Å². The maximum atomic E-state index is 10.3. The van der Waals surface area contributed by atoms with Crippen LogP contribution in [-0.2, 0) is 0 Å². The Morgan fingerprint density at radius 2 is 1.82 bits per heavy atom. The Morgan fingerprint density at radius 1 is 1.06 bits per heavy atom. The van der Waals surface area contributed by atoms with Crippen LogP contribution in [0.15, 0.2) is 59.1 Å². The number of benzene rings is 2. The van der Waals surface area contributed by atoms with Crippen LogP contribution in [0, 0.1) is 0 Å². The molecule has 0 saturated carbocycles. The van der Waals surface area contributed by atoms with E-state index in [0.717, 1.165) is 48.0 Å². The number of likely N-dealkylation sites (tertiary alicyclic amines) is 1. The standard InChI is InChI=1S/C27H34N2O3S/c1-2-33-26(23-10-5-6-11-24(23)30)27-28-20-25(32-27)21-12-14-22(15-13-21)31-19-9-18-29-16-7-3-4-8-17-29/h5-6,10-15,20,26,30H,2-4,7-9,16-19H2,1H3. The summed E-state index contributed by atoms with van der Waals surface area (Å²) in [6, 6.07) is 15.4. The van der Waals surface area contributed by atoms with E-state index in [0.29, 0.717) is 5.89 Å². The van der Waals surface area contributed by atoms with Crippen LogP contribution in [0.3, 0.4) is 0 Å². The van der Waals surface area contributed by atoms with Crippen molar-refractivity contribution in [2.45, 2.75) is 44.3 Å². The number of nitrogens with zero attached hydrogens (tertiary/aromatic N) is 2. The fourth-order valence-electron chi connectivity index (χ4n) is 4.27. The number of aromatic nitrogens is 1. The van der Waals surface area contributed by atoms with Crippen LogP contribution in [0.4, 0.5) is 0 Å². The second kappa shape index (κ2) is 12.1. The average Bonchev–Trinajstić information content (AvgIpc) is 3.18. The summed E-state index contributed by atoms with van der Waals surface area (Å²) >= 11 is 1.69. The first kappa shape index (κ1) is 23.7. The number of oxazole rings is 1. The molecular weight excluding hydrogens is 432 g/mol.